The van der Waals surface area contributed by atoms with Crippen molar-refractivity contribution in [3.63, 3.8) is 0 Å². The van der Waals surface area contributed by atoms with Crippen molar-refractivity contribution < 1.29 is 27.8 Å². The number of rotatable bonds is 6. The number of aromatic carboxylic acids is 1. The van der Waals surface area contributed by atoms with Gasteiger partial charge in [-0.2, -0.15) is 13.2 Å². The molecule has 0 bridgehead atoms. The molecule has 0 aliphatic carbocycles. The summed E-state index contributed by atoms with van der Waals surface area (Å²) in [5.74, 6) is -0.481. The Morgan fingerprint density at radius 1 is 1.03 bits per heavy atom. The number of hydrogen-bond acceptors (Lipinski definition) is 5. The molecule has 0 spiro atoms. The monoisotopic (exact) mass is 453 g/mol. The number of carboxylic acid groups (broad SMARTS) is 1. The number of carboxylic acids is 1. The van der Waals surface area contributed by atoms with Gasteiger partial charge in [-0.05, 0) is 60.3 Å². The lowest BCUT2D eigenvalue weighted by atomic mass is 10.1. The number of fused-ring (bicyclic) bond motifs is 1. The van der Waals surface area contributed by atoms with Gasteiger partial charge < -0.3 is 15.2 Å². The summed E-state index contributed by atoms with van der Waals surface area (Å²) in [5, 5.41) is 13.6. The van der Waals surface area contributed by atoms with Crippen LogP contribution >= 0.6 is 0 Å². The Morgan fingerprint density at radius 3 is 2.39 bits per heavy atom. The zero-order valence-corrected chi connectivity index (χ0v) is 17.3. The molecule has 6 nitrogen and oxygen atoms in total. The van der Waals surface area contributed by atoms with Crippen LogP contribution in [0.5, 0.6) is 11.6 Å². The summed E-state index contributed by atoms with van der Waals surface area (Å²) in [6.07, 6.45) is -1.40. The third kappa shape index (κ3) is 4.87. The number of nitrogens with one attached hydrogen (secondary N) is 1. The standard InChI is InChI=1S/C24H18F3N3O3/c1-14(15-5-7-17(8-6-15)23(31)32)30-21-20-16(9-11-28-21)10-12-29-22(20)33-19-4-2-3-18(13-19)24(25,26)27/h2-14H,1H3,(H,28,30)(H,31,32)/t14-/m0/s1. The highest BCUT2D eigenvalue weighted by molar-refractivity contribution is 5.96. The van der Waals surface area contributed by atoms with Crippen LogP contribution in [-0.2, 0) is 6.18 Å². The maximum atomic E-state index is 13.1. The summed E-state index contributed by atoms with van der Waals surface area (Å²) in [7, 11) is 0. The third-order valence-corrected chi connectivity index (χ3v) is 5.03. The number of alkyl halides is 3. The van der Waals surface area contributed by atoms with Crippen molar-refractivity contribution in [2.45, 2.75) is 19.1 Å². The lowest BCUT2D eigenvalue weighted by Gasteiger charge is -2.18. The van der Waals surface area contributed by atoms with Crippen molar-refractivity contribution >= 4 is 22.6 Å². The normalized spacial score (nSPS) is 12.4. The summed E-state index contributed by atoms with van der Waals surface area (Å²) in [5.41, 5.74) is 0.174. The molecule has 0 aliphatic heterocycles. The molecular weight excluding hydrogens is 435 g/mol. The zero-order valence-electron chi connectivity index (χ0n) is 17.3. The van der Waals surface area contributed by atoms with Crippen LogP contribution in [-0.4, -0.2) is 21.0 Å². The lowest BCUT2D eigenvalue weighted by molar-refractivity contribution is -0.137. The summed E-state index contributed by atoms with van der Waals surface area (Å²) in [6, 6.07) is 14.2. The third-order valence-electron chi connectivity index (χ3n) is 5.03. The summed E-state index contributed by atoms with van der Waals surface area (Å²) < 4.78 is 45.0. The molecule has 0 unspecified atom stereocenters. The number of hydrogen-bond donors (Lipinski definition) is 2. The van der Waals surface area contributed by atoms with Crippen LogP contribution in [0.25, 0.3) is 10.8 Å². The van der Waals surface area contributed by atoms with Crippen LogP contribution in [0.1, 0.15) is 34.5 Å². The Labute approximate surface area is 186 Å². The van der Waals surface area contributed by atoms with E-state index in [9.17, 15) is 18.0 Å². The Balaban J connectivity index is 1.67. The first kappa shape index (κ1) is 22.1. The Kier molecular flexibility index (Phi) is 5.87. The van der Waals surface area contributed by atoms with Gasteiger partial charge in [-0.25, -0.2) is 14.8 Å². The second-order valence-electron chi connectivity index (χ2n) is 7.29. The number of nitrogens with zero attached hydrogens (tertiary/aromatic N) is 2. The molecule has 9 heteroatoms. The second kappa shape index (κ2) is 8.78. The molecule has 33 heavy (non-hydrogen) atoms. The van der Waals surface area contributed by atoms with Crippen LogP contribution in [0.3, 0.4) is 0 Å². The minimum Gasteiger partial charge on any atom is -0.478 e. The molecule has 0 saturated heterocycles. The quantitative estimate of drug-likeness (QED) is 0.356. The van der Waals surface area contributed by atoms with E-state index in [-0.39, 0.29) is 23.2 Å². The first-order chi connectivity index (χ1) is 15.7. The van der Waals surface area contributed by atoms with Gasteiger partial charge in [0.1, 0.15) is 11.6 Å². The zero-order chi connectivity index (χ0) is 23.6. The molecule has 4 aromatic rings. The summed E-state index contributed by atoms with van der Waals surface area (Å²) in [6.45, 7) is 1.87. The largest absolute Gasteiger partial charge is 0.478 e. The van der Waals surface area contributed by atoms with E-state index in [2.05, 4.69) is 15.3 Å². The summed E-state index contributed by atoms with van der Waals surface area (Å²) >= 11 is 0. The van der Waals surface area contributed by atoms with Gasteiger partial charge in [0.2, 0.25) is 5.88 Å². The highest BCUT2D eigenvalue weighted by Crippen LogP contribution is 2.36. The predicted octanol–water partition coefficient (Wildman–Crippen LogP) is 6.31. The smallest absolute Gasteiger partial charge is 0.416 e. The topological polar surface area (TPSA) is 84.3 Å². The van der Waals surface area contributed by atoms with Crippen molar-refractivity contribution in [2.75, 3.05) is 5.32 Å². The highest BCUT2D eigenvalue weighted by Gasteiger charge is 2.30. The molecule has 0 aliphatic rings. The molecule has 168 valence electrons. The van der Waals surface area contributed by atoms with Crippen LogP contribution in [0, 0.1) is 0 Å². The number of aromatic nitrogens is 2. The van der Waals surface area contributed by atoms with Gasteiger partial charge in [-0.1, -0.05) is 18.2 Å². The maximum absolute atomic E-state index is 13.1. The van der Waals surface area contributed by atoms with Crippen LogP contribution in [0.15, 0.2) is 73.1 Å². The number of pyridine rings is 2. The Morgan fingerprint density at radius 2 is 1.73 bits per heavy atom. The van der Waals surface area contributed by atoms with Gasteiger partial charge >= 0.3 is 12.1 Å². The van der Waals surface area contributed by atoms with Gasteiger partial charge in [0.25, 0.3) is 0 Å². The maximum Gasteiger partial charge on any atom is 0.416 e. The average molecular weight is 453 g/mol. The number of benzene rings is 2. The Hall–Kier alpha value is -4.14. The first-order valence-corrected chi connectivity index (χ1v) is 9.91. The van der Waals surface area contributed by atoms with Crippen molar-refractivity contribution in [1.82, 2.24) is 9.97 Å². The van der Waals surface area contributed by atoms with Crippen molar-refractivity contribution in [1.29, 1.82) is 0 Å². The summed E-state index contributed by atoms with van der Waals surface area (Å²) in [4.78, 5) is 19.7. The molecule has 2 heterocycles. The van der Waals surface area contributed by atoms with E-state index in [1.54, 1.807) is 30.5 Å². The predicted molar refractivity (Wildman–Crippen MR) is 116 cm³/mol. The number of anilines is 1. The fourth-order valence-corrected chi connectivity index (χ4v) is 3.33. The van der Waals surface area contributed by atoms with E-state index < -0.39 is 17.7 Å². The average Bonchev–Trinajstić information content (AvgIpc) is 2.79. The number of carbonyl (C=O) groups is 1. The molecule has 0 radical (unpaired) electrons. The van der Waals surface area contributed by atoms with Crippen molar-refractivity contribution in [3.8, 4) is 11.6 Å². The van der Waals surface area contributed by atoms with E-state index in [1.165, 1.54) is 30.5 Å². The molecule has 0 amide bonds. The fourth-order valence-electron chi connectivity index (χ4n) is 3.33. The minimum atomic E-state index is -4.49. The SMILES string of the molecule is C[C@H](Nc1nccc2ccnc(Oc3cccc(C(F)(F)F)c3)c12)c1ccc(C(=O)O)cc1. The molecule has 4 rings (SSSR count). The molecule has 2 N–H and O–H groups in total. The minimum absolute atomic E-state index is 0.00284. The Bertz CT molecular complexity index is 1300. The highest BCUT2D eigenvalue weighted by atomic mass is 19.4. The van der Waals surface area contributed by atoms with Crippen LogP contribution < -0.4 is 10.1 Å². The fraction of sp³-hybridized carbons (Fsp3) is 0.125. The van der Waals surface area contributed by atoms with E-state index in [4.69, 9.17) is 9.84 Å². The van der Waals surface area contributed by atoms with E-state index in [0.29, 0.717) is 11.2 Å². The van der Waals surface area contributed by atoms with Gasteiger partial charge in [0.15, 0.2) is 0 Å². The van der Waals surface area contributed by atoms with Gasteiger partial charge in [0, 0.05) is 18.4 Å². The molecule has 0 saturated carbocycles. The van der Waals surface area contributed by atoms with Gasteiger partial charge in [0.05, 0.1) is 16.5 Å². The molecule has 0 fully saturated rings. The van der Waals surface area contributed by atoms with Crippen LogP contribution in [0.4, 0.5) is 19.0 Å². The molecule has 2 aromatic heterocycles. The van der Waals surface area contributed by atoms with Crippen molar-refractivity contribution in [3.05, 3.63) is 89.7 Å². The van der Waals surface area contributed by atoms with E-state index in [1.807, 2.05) is 6.92 Å². The molecule has 2 aromatic carbocycles. The van der Waals surface area contributed by atoms with Gasteiger partial charge in [-0.15, -0.1) is 0 Å². The molecular formula is C24H18F3N3O3. The van der Waals surface area contributed by atoms with E-state index in [0.717, 1.165) is 23.1 Å². The van der Waals surface area contributed by atoms with Crippen molar-refractivity contribution in [2.24, 2.45) is 0 Å². The lowest BCUT2D eigenvalue weighted by Crippen LogP contribution is -2.09. The number of halogens is 3. The molecule has 1 atom stereocenters. The van der Waals surface area contributed by atoms with Gasteiger partial charge in [-0.3, -0.25) is 0 Å². The van der Waals surface area contributed by atoms with Crippen LogP contribution in [0.2, 0.25) is 0 Å². The van der Waals surface area contributed by atoms with E-state index >= 15 is 0 Å². The first-order valence-electron chi connectivity index (χ1n) is 9.91. The second-order valence-corrected chi connectivity index (χ2v) is 7.29. The number of ether oxygens (including phenoxy) is 1.